The van der Waals surface area contributed by atoms with Crippen molar-refractivity contribution in [2.24, 2.45) is 7.05 Å². The number of rotatable bonds is 4. The smallest absolute Gasteiger partial charge is 0.0961 e. The predicted molar refractivity (Wildman–Crippen MR) is 130 cm³/mol. The molecule has 4 aromatic rings. The second kappa shape index (κ2) is 6.96. The monoisotopic (exact) mass is 414 g/mol. The van der Waals surface area contributed by atoms with E-state index in [4.69, 9.17) is 0 Å². The summed E-state index contributed by atoms with van der Waals surface area (Å²) in [7, 11) is 2.21. The highest BCUT2D eigenvalue weighted by Gasteiger charge is 2.26. The van der Waals surface area contributed by atoms with E-state index < -0.39 is 0 Å². The third kappa shape index (κ3) is 3.47. The van der Waals surface area contributed by atoms with Crippen molar-refractivity contribution in [3.05, 3.63) is 65.6 Å². The molecule has 31 heavy (non-hydrogen) atoms. The zero-order valence-electron chi connectivity index (χ0n) is 19.7. The second-order valence-corrected chi connectivity index (χ2v) is 10.9. The summed E-state index contributed by atoms with van der Waals surface area (Å²) in [6.45, 7) is 13.6. The number of hydrogen-bond acceptors (Lipinski definition) is 2. The Morgan fingerprint density at radius 3 is 2.32 bits per heavy atom. The lowest BCUT2D eigenvalue weighted by Gasteiger charge is -2.30. The number of nitrogens with zero attached hydrogens (tertiary/aromatic N) is 3. The SMILES string of the molecule is Cn1c(CC(C)(C)c2ccc3ncn(C4CNC4)c3c2)cc2ccc(C(C)(C)C)cc21. The fourth-order valence-corrected chi connectivity index (χ4v) is 4.79. The molecular formula is C27H34N4. The van der Waals surface area contributed by atoms with E-state index in [1.807, 2.05) is 6.33 Å². The lowest BCUT2D eigenvalue weighted by molar-refractivity contribution is 0.350. The van der Waals surface area contributed by atoms with Crippen LogP contribution < -0.4 is 5.32 Å². The first-order chi connectivity index (χ1) is 14.6. The number of imidazole rings is 1. The van der Waals surface area contributed by atoms with Crippen LogP contribution in [0.1, 0.15) is 57.5 Å². The van der Waals surface area contributed by atoms with Crippen molar-refractivity contribution >= 4 is 21.9 Å². The number of fused-ring (bicyclic) bond motifs is 2. The molecule has 0 atom stereocenters. The summed E-state index contributed by atoms with van der Waals surface area (Å²) in [6, 6.07) is 16.6. The van der Waals surface area contributed by atoms with Gasteiger partial charge in [-0.1, -0.05) is 52.8 Å². The lowest BCUT2D eigenvalue weighted by Crippen LogP contribution is -2.43. The van der Waals surface area contributed by atoms with E-state index in [-0.39, 0.29) is 10.8 Å². The van der Waals surface area contributed by atoms with Gasteiger partial charge in [-0.3, -0.25) is 0 Å². The Labute approximate surface area is 185 Å². The van der Waals surface area contributed by atoms with Crippen LogP contribution in [0.2, 0.25) is 0 Å². The van der Waals surface area contributed by atoms with Crippen LogP contribution >= 0.6 is 0 Å². The highest BCUT2D eigenvalue weighted by molar-refractivity contribution is 5.82. The van der Waals surface area contributed by atoms with Crippen molar-refractivity contribution < 1.29 is 0 Å². The molecule has 0 amide bonds. The van der Waals surface area contributed by atoms with Crippen LogP contribution in [0.4, 0.5) is 0 Å². The lowest BCUT2D eigenvalue weighted by atomic mass is 9.80. The largest absolute Gasteiger partial charge is 0.348 e. The zero-order chi connectivity index (χ0) is 22.0. The van der Waals surface area contributed by atoms with Gasteiger partial charge in [0.2, 0.25) is 0 Å². The number of aryl methyl sites for hydroxylation is 1. The second-order valence-electron chi connectivity index (χ2n) is 10.9. The molecule has 4 nitrogen and oxygen atoms in total. The molecule has 5 rings (SSSR count). The summed E-state index contributed by atoms with van der Waals surface area (Å²) in [6.07, 6.45) is 3.00. The summed E-state index contributed by atoms with van der Waals surface area (Å²) >= 11 is 0. The quantitative estimate of drug-likeness (QED) is 0.479. The predicted octanol–water partition coefficient (Wildman–Crippen LogP) is 5.49. The van der Waals surface area contributed by atoms with E-state index in [2.05, 4.69) is 104 Å². The highest BCUT2D eigenvalue weighted by atomic mass is 15.2. The molecule has 0 radical (unpaired) electrons. The molecule has 2 aromatic heterocycles. The molecule has 0 saturated carbocycles. The Morgan fingerprint density at radius 1 is 0.935 bits per heavy atom. The van der Waals surface area contributed by atoms with Gasteiger partial charge in [0.15, 0.2) is 0 Å². The van der Waals surface area contributed by atoms with E-state index in [0.717, 1.165) is 25.0 Å². The number of hydrogen-bond donors (Lipinski definition) is 1. The van der Waals surface area contributed by atoms with Gasteiger partial charge in [-0.25, -0.2) is 4.98 Å². The fourth-order valence-electron chi connectivity index (χ4n) is 4.79. The molecule has 162 valence electrons. The maximum atomic E-state index is 4.63. The average Bonchev–Trinajstić information content (AvgIpc) is 3.20. The summed E-state index contributed by atoms with van der Waals surface area (Å²) in [5.74, 6) is 0. The van der Waals surface area contributed by atoms with Gasteiger partial charge < -0.3 is 14.5 Å². The van der Waals surface area contributed by atoms with Gasteiger partial charge in [-0.15, -0.1) is 0 Å². The molecule has 4 heteroatoms. The fraction of sp³-hybridized carbons (Fsp3) is 0.444. The minimum absolute atomic E-state index is 0.0240. The zero-order valence-corrected chi connectivity index (χ0v) is 19.7. The summed E-state index contributed by atoms with van der Waals surface area (Å²) in [5.41, 5.74) is 7.98. The van der Waals surface area contributed by atoms with E-state index in [1.165, 1.54) is 33.2 Å². The summed E-state index contributed by atoms with van der Waals surface area (Å²) < 4.78 is 4.73. The number of nitrogens with one attached hydrogen (secondary N) is 1. The van der Waals surface area contributed by atoms with E-state index in [9.17, 15) is 0 Å². The molecule has 0 aliphatic carbocycles. The van der Waals surface area contributed by atoms with Crippen molar-refractivity contribution in [1.82, 2.24) is 19.4 Å². The first kappa shape index (κ1) is 20.3. The summed E-state index contributed by atoms with van der Waals surface area (Å²) in [5, 5.41) is 4.70. The summed E-state index contributed by atoms with van der Waals surface area (Å²) in [4.78, 5) is 4.63. The number of benzene rings is 2. The van der Waals surface area contributed by atoms with Crippen LogP contribution in [0.25, 0.3) is 21.9 Å². The maximum absolute atomic E-state index is 4.63. The van der Waals surface area contributed by atoms with Gasteiger partial charge >= 0.3 is 0 Å². The highest BCUT2D eigenvalue weighted by Crippen LogP contribution is 2.34. The Bertz CT molecular complexity index is 1260. The van der Waals surface area contributed by atoms with Crippen LogP contribution in [0, 0.1) is 0 Å². The Balaban J connectivity index is 1.50. The Hall–Kier alpha value is -2.59. The Morgan fingerprint density at radius 2 is 1.65 bits per heavy atom. The standard InChI is InChI=1S/C27H34N4/c1-26(2,3)19-8-7-18-11-21(30(6)24(18)12-19)14-27(4,5)20-9-10-23-25(13-20)31(17-29-23)22-15-28-16-22/h7-13,17,22,28H,14-16H2,1-6H3. The van der Waals surface area contributed by atoms with Gasteiger partial charge in [0.05, 0.1) is 23.4 Å². The van der Waals surface area contributed by atoms with Crippen LogP contribution in [0.15, 0.2) is 48.8 Å². The Kier molecular flexibility index (Phi) is 4.56. The molecular weight excluding hydrogens is 380 g/mol. The van der Waals surface area contributed by atoms with Gasteiger partial charge in [-0.2, -0.15) is 0 Å². The van der Waals surface area contributed by atoms with Crippen LogP contribution in [0.3, 0.4) is 0 Å². The maximum Gasteiger partial charge on any atom is 0.0961 e. The van der Waals surface area contributed by atoms with Crippen molar-refractivity contribution in [1.29, 1.82) is 0 Å². The van der Waals surface area contributed by atoms with Gasteiger partial charge in [0.25, 0.3) is 0 Å². The third-order valence-electron chi connectivity index (χ3n) is 7.14. The molecule has 0 spiro atoms. The van der Waals surface area contributed by atoms with Crippen molar-refractivity contribution in [2.45, 2.75) is 57.9 Å². The van der Waals surface area contributed by atoms with E-state index in [1.54, 1.807) is 0 Å². The molecule has 1 N–H and O–H groups in total. The molecule has 3 heterocycles. The average molecular weight is 415 g/mol. The minimum Gasteiger partial charge on any atom is -0.348 e. The van der Waals surface area contributed by atoms with Crippen molar-refractivity contribution in [3.63, 3.8) is 0 Å². The van der Waals surface area contributed by atoms with Crippen molar-refractivity contribution in [3.8, 4) is 0 Å². The first-order valence-electron chi connectivity index (χ1n) is 11.4. The van der Waals surface area contributed by atoms with Gasteiger partial charge in [-0.05, 0) is 58.0 Å². The molecule has 0 unspecified atom stereocenters. The van der Waals surface area contributed by atoms with E-state index in [0.29, 0.717) is 6.04 Å². The molecule has 1 aliphatic heterocycles. The minimum atomic E-state index is 0.0240. The van der Waals surface area contributed by atoms with Gasteiger partial charge in [0.1, 0.15) is 0 Å². The van der Waals surface area contributed by atoms with Gasteiger partial charge in [0, 0.05) is 31.3 Å². The topological polar surface area (TPSA) is 34.8 Å². The molecule has 1 fully saturated rings. The van der Waals surface area contributed by atoms with E-state index >= 15 is 0 Å². The van der Waals surface area contributed by atoms with Crippen LogP contribution in [-0.4, -0.2) is 27.2 Å². The first-order valence-corrected chi connectivity index (χ1v) is 11.4. The molecule has 0 bridgehead atoms. The normalized spacial score (nSPS) is 15.7. The third-order valence-corrected chi connectivity index (χ3v) is 7.14. The molecule has 1 saturated heterocycles. The van der Waals surface area contributed by atoms with Crippen LogP contribution in [0.5, 0.6) is 0 Å². The number of aromatic nitrogens is 3. The molecule has 2 aromatic carbocycles. The van der Waals surface area contributed by atoms with Crippen molar-refractivity contribution in [2.75, 3.05) is 13.1 Å². The molecule has 1 aliphatic rings. The van der Waals surface area contributed by atoms with Crippen LogP contribution in [-0.2, 0) is 24.3 Å².